The van der Waals surface area contributed by atoms with Crippen LogP contribution in [0.15, 0.2) is 18.3 Å². The standard InChI is InChI=1S/C16H21NO3/c18-11-13-4-5-14(10-17-13)19-12-15-6-9-16(20-15)7-2-1-3-8-16/h4-5,10-11,15H,1-3,6-9,12H2. The molecule has 0 aromatic carbocycles. The number of rotatable bonds is 4. The summed E-state index contributed by atoms with van der Waals surface area (Å²) in [6, 6.07) is 3.45. The topological polar surface area (TPSA) is 48.4 Å². The average Bonchev–Trinajstić information content (AvgIpc) is 2.89. The smallest absolute Gasteiger partial charge is 0.168 e. The monoisotopic (exact) mass is 275 g/mol. The number of hydrogen-bond acceptors (Lipinski definition) is 4. The van der Waals surface area contributed by atoms with Crippen LogP contribution in [0, 0.1) is 0 Å². The molecule has 1 spiro atoms. The summed E-state index contributed by atoms with van der Waals surface area (Å²) in [5.41, 5.74) is 0.571. The normalized spacial score (nSPS) is 24.7. The van der Waals surface area contributed by atoms with Crippen molar-refractivity contribution in [1.29, 1.82) is 0 Å². The zero-order valence-electron chi connectivity index (χ0n) is 11.7. The molecule has 1 aromatic heterocycles. The molecule has 0 N–H and O–H groups in total. The molecule has 1 saturated heterocycles. The first-order valence-electron chi connectivity index (χ1n) is 7.52. The summed E-state index contributed by atoms with van der Waals surface area (Å²) in [7, 11) is 0. The van der Waals surface area contributed by atoms with Crippen LogP contribution in [-0.2, 0) is 4.74 Å². The average molecular weight is 275 g/mol. The molecule has 1 aromatic rings. The van der Waals surface area contributed by atoms with Crippen LogP contribution < -0.4 is 4.74 Å². The van der Waals surface area contributed by atoms with Crippen molar-refractivity contribution in [3.05, 3.63) is 24.0 Å². The molecule has 108 valence electrons. The lowest BCUT2D eigenvalue weighted by Gasteiger charge is -2.33. The summed E-state index contributed by atoms with van der Waals surface area (Å²) < 4.78 is 12.0. The minimum Gasteiger partial charge on any atom is -0.489 e. The Hall–Kier alpha value is -1.42. The number of carbonyl (C=O) groups excluding carboxylic acids is 1. The molecule has 1 atom stereocenters. The second-order valence-electron chi connectivity index (χ2n) is 5.87. The highest BCUT2D eigenvalue weighted by atomic mass is 16.6. The number of ether oxygens (including phenoxy) is 2. The van der Waals surface area contributed by atoms with E-state index in [4.69, 9.17) is 9.47 Å². The van der Waals surface area contributed by atoms with Crippen LogP contribution in [0.4, 0.5) is 0 Å². The van der Waals surface area contributed by atoms with E-state index in [0.717, 1.165) is 12.7 Å². The van der Waals surface area contributed by atoms with E-state index < -0.39 is 0 Å². The second kappa shape index (κ2) is 5.92. The van der Waals surface area contributed by atoms with Gasteiger partial charge in [0.05, 0.1) is 17.9 Å². The van der Waals surface area contributed by atoms with Gasteiger partial charge < -0.3 is 9.47 Å². The molecule has 0 amide bonds. The predicted molar refractivity (Wildman–Crippen MR) is 75.0 cm³/mol. The lowest BCUT2D eigenvalue weighted by molar-refractivity contribution is -0.0748. The van der Waals surface area contributed by atoms with Crippen molar-refractivity contribution in [3.63, 3.8) is 0 Å². The summed E-state index contributed by atoms with van der Waals surface area (Å²) in [5, 5.41) is 0. The molecule has 0 radical (unpaired) electrons. The Kier molecular flexibility index (Phi) is 4.01. The van der Waals surface area contributed by atoms with E-state index in [1.54, 1.807) is 18.3 Å². The number of nitrogens with zero attached hydrogens (tertiary/aromatic N) is 1. The molecular weight excluding hydrogens is 254 g/mol. The Morgan fingerprint density at radius 3 is 2.85 bits per heavy atom. The quantitative estimate of drug-likeness (QED) is 0.792. The predicted octanol–water partition coefficient (Wildman–Crippen LogP) is 3.15. The molecule has 3 rings (SSSR count). The van der Waals surface area contributed by atoms with Crippen molar-refractivity contribution < 1.29 is 14.3 Å². The summed E-state index contributed by atoms with van der Waals surface area (Å²) in [5.74, 6) is 0.698. The number of carbonyl (C=O) groups is 1. The highest BCUT2D eigenvalue weighted by Gasteiger charge is 2.40. The van der Waals surface area contributed by atoms with Crippen molar-refractivity contribution in [3.8, 4) is 5.75 Å². The zero-order valence-corrected chi connectivity index (χ0v) is 11.7. The molecule has 1 unspecified atom stereocenters. The van der Waals surface area contributed by atoms with E-state index in [1.807, 2.05) is 0 Å². The molecule has 1 aliphatic carbocycles. The van der Waals surface area contributed by atoms with Crippen molar-refractivity contribution >= 4 is 6.29 Å². The highest BCUT2D eigenvalue weighted by molar-refractivity contribution is 5.71. The Morgan fingerprint density at radius 2 is 2.15 bits per heavy atom. The van der Waals surface area contributed by atoms with Gasteiger partial charge in [-0.05, 0) is 37.8 Å². The number of hydrogen-bond donors (Lipinski definition) is 0. The van der Waals surface area contributed by atoms with Gasteiger partial charge >= 0.3 is 0 Å². The summed E-state index contributed by atoms with van der Waals surface area (Å²) in [6.45, 7) is 0.573. The highest BCUT2D eigenvalue weighted by Crippen LogP contribution is 2.41. The van der Waals surface area contributed by atoms with Crippen LogP contribution >= 0.6 is 0 Å². The molecule has 4 heteroatoms. The minimum absolute atomic E-state index is 0.145. The molecule has 1 aliphatic heterocycles. The minimum atomic E-state index is 0.145. The van der Waals surface area contributed by atoms with Gasteiger partial charge in [-0.2, -0.15) is 0 Å². The first-order chi connectivity index (χ1) is 9.80. The van der Waals surface area contributed by atoms with Gasteiger partial charge in [-0.1, -0.05) is 19.3 Å². The van der Waals surface area contributed by atoms with Gasteiger partial charge in [0.25, 0.3) is 0 Å². The van der Waals surface area contributed by atoms with Crippen LogP contribution in [0.5, 0.6) is 5.75 Å². The Morgan fingerprint density at radius 1 is 1.30 bits per heavy atom. The molecule has 0 bridgehead atoms. The second-order valence-corrected chi connectivity index (χ2v) is 5.87. The van der Waals surface area contributed by atoms with Crippen molar-refractivity contribution in [2.24, 2.45) is 0 Å². The molecule has 2 heterocycles. The Labute approximate surface area is 119 Å². The van der Waals surface area contributed by atoms with Gasteiger partial charge in [-0.15, -0.1) is 0 Å². The van der Waals surface area contributed by atoms with Gasteiger partial charge in [-0.25, -0.2) is 4.98 Å². The van der Waals surface area contributed by atoms with E-state index in [9.17, 15) is 4.79 Å². The summed E-state index contributed by atoms with van der Waals surface area (Å²) in [4.78, 5) is 14.5. The number of aldehydes is 1. The van der Waals surface area contributed by atoms with Crippen LogP contribution in [0.3, 0.4) is 0 Å². The third-order valence-corrected chi connectivity index (χ3v) is 4.42. The van der Waals surface area contributed by atoms with E-state index >= 15 is 0 Å². The zero-order chi connectivity index (χ0) is 13.8. The molecule has 20 heavy (non-hydrogen) atoms. The van der Waals surface area contributed by atoms with Crippen LogP contribution in [0.25, 0.3) is 0 Å². The third kappa shape index (κ3) is 3.01. The maximum Gasteiger partial charge on any atom is 0.168 e. The fraction of sp³-hybridized carbons (Fsp3) is 0.625. The van der Waals surface area contributed by atoms with Gasteiger partial charge in [0, 0.05) is 0 Å². The van der Waals surface area contributed by atoms with Gasteiger partial charge in [0.15, 0.2) is 6.29 Å². The molecular formula is C16H21NO3. The van der Waals surface area contributed by atoms with E-state index in [-0.39, 0.29) is 11.7 Å². The van der Waals surface area contributed by atoms with Gasteiger partial charge in [-0.3, -0.25) is 4.79 Å². The van der Waals surface area contributed by atoms with Crippen molar-refractivity contribution in [2.45, 2.75) is 56.7 Å². The number of pyridine rings is 1. The first-order valence-corrected chi connectivity index (χ1v) is 7.52. The maximum atomic E-state index is 10.5. The van der Waals surface area contributed by atoms with E-state index in [2.05, 4.69) is 4.98 Å². The molecule has 2 aliphatic rings. The Bertz CT molecular complexity index is 451. The summed E-state index contributed by atoms with van der Waals surface area (Å²) in [6.07, 6.45) is 11.1. The number of aromatic nitrogens is 1. The first kappa shape index (κ1) is 13.6. The lowest BCUT2D eigenvalue weighted by atomic mass is 9.83. The Balaban J connectivity index is 1.50. The van der Waals surface area contributed by atoms with Crippen LogP contribution in [0.1, 0.15) is 55.4 Å². The van der Waals surface area contributed by atoms with Gasteiger partial charge in [0.1, 0.15) is 18.1 Å². The van der Waals surface area contributed by atoms with Gasteiger partial charge in [0.2, 0.25) is 0 Å². The fourth-order valence-corrected chi connectivity index (χ4v) is 3.31. The van der Waals surface area contributed by atoms with Crippen LogP contribution in [-0.4, -0.2) is 29.6 Å². The maximum absolute atomic E-state index is 10.5. The van der Waals surface area contributed by atoms with Crippen molar-refractivity contribution in [2.75, 3.05) is 6.61 Å². The SMILES string of the molecule is O=Cc1ccc(OCC2CCC3(CCCCC3)O2)cn1. The molecule has 4 nitrogen and oxygen atoms in total. The third-order valence-electron chi connectivity index (χ3n) is 4.42. The van der Waals surface area contributed by atoms with Crippen LogP contribution in [0.2, 0.25) is 0 Å². The molecule has 1 saturated carbocycles. The molecule has 2 fully saturated rings. The lowest BCUT2D eigenvalue weighted by Crippen LogP contribution is -2.32. The largest absolute Gasteiger partial charge is 0.489 e. The van der Waals surface area contributed by atoms with E-state index in [0.29, 0.717) is 18.1 Å². The van der Waals surface area contributed by atoms with Crippen molar-refractivity contribution in [1.82, 2.24) is 4.98 Å². The van der Waals surface area contributed by atoms with E-state index in [1.165, 1.54) is 38.5 Å². The fourth-order valence-electron chi connectivity index (χ4n) is 3.31. The summed E-state index contributed by atoms with van der Waals surface area (Å²) >= 11 is 0.